The van der Waals surface area contributed by atoms with E-state index in [2.05, 4.69) is 0 Å². The van der Waals surface area contributed by atoms with E-state index in [0.717, 1.165) is 12.1 Å². The zero-order valence-corrected chi connectivity index (χ0v) is 10.7. The SMILES string of the molecule is O=c1cc(-c2cccc(Cl)c2Cl)cc(C(F)(F)F)[nH]1. The van der Waals surface area contributed by atoms with Crippen LogP contribution in [0.2, 0.25) is 10.0 Å². The van der Waals surface area contributed by atoms with Gasteiger partial charge < -0.3 is 4.98 Å². The summed E-state index contributed by atoms with van der Waals surface area (Å²) >= 11 is 11.7. The number of alkyl halides is 3. The van der Waals surface area contributed by atoms with Crippen LogP contribution < -0.4 is 5.56 Å². The lowest BCUT2D eigenvalue weighted by Gasteiger charge is -2.10. The summed E-state index contributed by atoms with van der Waals surface area (Å²) in [6.45, 7) is 0. The van der Waals surface area contributed by atoms with E-state index in [9.17, 15) is 18.0 Å². The van der Waals surface area contributed by atoms with Crippen molar-refractivity contribution in [1.82, 2.24) is 4.98 Å². The number of H-pyrrole nitrogens is 1. The van der Waals surface area contributed by atoms with E-state index >= 15 is 0 Å². The molecule has 2 nitrogen and oxygen atoms in total. The van der Waals surface area contributed by atoms with Crippen LogP contribution in [-0.4, -0.2) is 4.98 Å². The van der Waals surface area contributed by atoms with Gasteiger partial charge in [0.2, 0.25) is 5.56 Å². The topological polar surface area (TPSA) is 32.9 Å². The van der Waals surface area contributed by atoms with E-state index in [-0.39, 0.29) is 21.2 Å². The molecule has 0 fully saturated rings. The number of rotatable bonds is 1. The Morgan fingerprint density at radius 3 is 2.42 bits per heavy atom. The molecule has 0 saturated carbocycles. The molecule has 0 aliphatic rings. The number of pyridine rings is 1. The first-order valence-corrected chi connectivity index (χ1v) is 5.80. The normalized spacial score (nSPS) is 11.6. The fraction of sp³-hybridized carbons (Fsp3) is 0.0833. The van der Waals surface area contributed by atoms with Crippen LogP contribution in [0.1, 0.15) is 5.69 Å². The molecule has 100 valence electrons. The minimum Gasteiger partial charge on any atom is -0.318 e. The van der Waals surface area contributed by atoms with Crippen LogP contribution in [0.3, 0.4) is 0 Å². The molecule has 2 rings (SSSR count). The van der Waals surface area contributed by atoms with Gasteiger partial charge in [0.15, 0.2) is 0 Å². The first-order chi connectivity index (χ1) is 8.79. The second kappa shape index (κ2) is 4.90. The first kappa shape index (κ1) is 14.0. The lowest BCUT2D eigenvalue weighted by Crippen LogP contribution is -2.15. The van der Waals surface area contributed by atoms with Crippen LogP contribution in [0.4, 0.5) is 13.2 Å². The van der Waals surface area contributed by atoms with Gasteiger partial charge in [-0.3, -0.25) is 4.79 Å². The third kappa shape index (κ3) is 2.93. The molecular weight excluding hydrogens is 302 g/mol. The highest BCUT2D eigenvalue weighted by molar-refractivity contribution is 6.43. The highest BCUT2D eigenvalue weighted by atomic mass is 35.5. The number of aromatic amines is 1. The zero-order valence-electron chi connectivity index (χ0n) is 9.18. The summed E-state index contributed by atoms with van der Waals surface area (Å²) in [5, 5.41) is 0.302. The lowest BCUT2D eigenvalue weighted by atomic mass is 10.1. The average molecular weight is 308 g/mol. The lowest BCUT2D eigenvalue weighted by molar-refractivity contribution is -0.141. The van der Waals surface area contributed by atoms with Crippen molar-refractivity contribution in [1.29, 1.82) is 0 Å². The minimum absolute atomic E-state index is 0.0589. The largest absolute Gasteiger partial charge is 0.431 e. The van der Waals surface area contributed by atoms with Crippen LogP contribution in [0, 0.1) is 0 Å². The van der Waals surface area contributed by atoms with Crippen molar-refractivity contribution in [3.05, 3.63) is 56.4 Å². The second-order valence-electron chi connectivity index (χ2n) is 3.75. The molecule has 0 radical (unpaired) electrons. The molecule has 7 heteroatoms. The molecule has 1 aromatic heterocycles. The van der Waals surface area contributed by atoms with Gasteiger partial charge in [-0.2, -0.15) is 13.2 Å². The zero-order chi connectivity index (χ0) is 14.2. The van der Waals surface area contributed by atoms with Crippen molar-refractivity contribution in [3.63, 3.8) is 0 Å². The second-order valence-corrected chi connectivity index (χ2v) is 4.53. The van der Waals surface area contributed by atoms with Gasteiger partial charge in [-0.15, -0.1) is 0 Å². The average Bonchev–Trinajstić information content (AvgIpc) is 2.31. The van der Waals surface area contributed by atoms with Crippen LogP contribution in [0.5, 0.6) is 0 Å². The van der Waals surface area contributed by atoms with E-state index < -0.39 is 17.4 Å². The Morgan fingerprint density at radius 2 is 1.79 bits per heavy atom. The predicted molar refractivity (Wildman–Crippen MR) is 67.5 cm³/mol. The van der Waals surface area contributed by atoms with E-state index in [0.29, 0.717) is 0 Å². The van der Waals surface area contributed by atoms with E-state index in [1.165, 1.54) is 18.2 Å². The molecule has 1 N–H and O–H groups in total. The van der Waals surface area contributed by atoms with Crippen LogP contribution in [0.15, 0.2) is 35.1 Å². The fourth-order valence-electron chi connectivity index (χ4n) is 1.58. The van der Waals surface area contributed by atoms with E-state index in [4.69, 9.17) is 23.2 Å². The van der Waals surface area contributed by atoms with E-state index in [1.807, 2.05) is 0 Å². The Kier molecular flexibility index (Phi) is 3.60. The van der Waals surface area contributed by atoms with Gasteiger partial charge in [0.25, 0.3) is 0 Å². The molecule has 19 heavy (non-hydrogen) atoms. The van der Waals surface area contributed by atoms with Gasteiger partial charge in [0.1, 0.15) is 5.69 Å². The van der Waals surface area contributed by atoms with Crippen molar-refractivity contribution in [2.45, 2.75) is 6.18 Å². The predicted octanol–water partition coefficient (Wildman–Crippen LogP) is 4.37. The standard InChI is InChI=1S/C12H6Cl2F3NO/c13-8-3-1-2-7(11(8)14)6-4-9(12(15,16)17)18-10(19)5-6/h1-5H,(H,18,19). The van der Waals surface area contributed by atoms with Crippen LogP contribution in [0.25, 0.3) is 11.1 Å². The fourth-order valence-corrected chi connectivity index (χ4v) is 1.99. The molecule has 0 unspecified atom stereocenters. The maximum atomic E-state index is 12.6. The highest BCUT2D eigenvalue weighted by Crippen LogP contribution is 2.35. The van der Waals surface area contributed by atoms with Crippen molar-refractivity contribution in [2.24, 2.45) is 0 Å². The quantitative estimate of drug-likeness (QED) is 0.834. The van der Waals surface area contributed by atoms with Gasteiger partial charge in [0.05, 0.1) is 10.0 Å². The van der Waals surface area contributed by atoms with Crippen LogP contribution >= 0.6 is 23.2 Å². The molecule has 0 amide bonds. The minimum atomic E-state index is -4.64. The van der Waals surface area contributed by atoms with Crippen molar-refractivity contribution in [3.8, 4) is 11.1 Å². The Hall–Kier alpha value is -1.46. The van der Waals surface area contributed by atoms with Crippen molar-refractivity contribution >= 4 is 23.2 Å². The summed E-state index contributed by atoms with van der Waals surface area (Å²) in [6.07, 6.45) is -4.64. The summed E-state index contributed by atoms with van der Waals surface area (Å²) in [6, 6.07) is 6.39. The van der Waals surface area contributed by atoms with Gasteiger partial charge in [-0.05, 0) is 17.7 Å². The molecule has 0 aliphatic carbocycles. The van der Waals surface area contributed by atoms with Gasteiger partial charge in [0, 0.05) is 11.6 Å². The molecule has 0 aliphatic heterocycles. The number of benzene rings is 1. The number of hydrogen-bond donors (Lipinski definition) is 1. The molecule has 0 spiro atoms. The Labute approximate surface area is 115 Å². The monoisotopic (exact) mass is 307 g/mol. The van der Waals surface area contributed by atoms with Crippen molar-refractivity contribution in [2.75, 3.05) is 0 Å². The summed E-state index contributed by atoms with van der Waals surface area (Å²) in [5.41, 5.74) is -1.67. The maximum absolute atomic E-state index is 12.6. The summed E-state index contributed by atoms with van der Waals surface area (Å²) < 4.78 is 37.8. The number of nitrogens with one attached hydrogen (secondary N) is 1. The van der Waals surface area contributed by atoms with Crippen molar-refractivity contribution < 1.29 is 13.2 Å². The third-order valence-corrected chi connectivity index (χ3v) is 3.23. The molecular formula is C12H6Cl2F3NO. The summed E-state index contributed by atoms with van der Waals surface area (Å²) in [7, 11) is 0. The molecule has 0 atom stereocenters. The summed E-state index contributed by atoms with van der Waals surface area (Å²) in [4.78, 5) is 13.0. The first-order valence-electron chi connectivity index (χ1n) is 5.05. The van der Waals surface area contributed by atoms with Gasteiger partial charge in [-0.1, -0.05) is 35.3 Å². The smallest absolute Gasteiger partial charge is 0.318 e. The maximum Gasteiger partial charge on any atom is 0.431 e. The number of hydrogen-bond acceptors (Lipinski definition) is 1. The molecule has 1 heterocycles. The molecule has 1 aromatic carbocycles. The third-order valence-electron chi connectivity index (χ3n) is 2.41. The Balaban J connectivity index is 2.67. The van der Waals surface area contributed by atoms with E-state index in [1.54, 1.807) is 4.98 Å². The van der Waals surface area contributed by atoms with Crippen LogP contribution in [-0.2, 0) is 6.18 Å². The molecule has 0 saturated heterocycles. The number of halogens is 5. The number of aromatic nitrogens is 1. The molecule has 0 bridgehead atoms. The Morgan fingerprint density at radius 1 is 1.11 bits per heavy atom. The summed E-state index contributed by atoms with van der Waals surface area (Å²) in [5.74, 6) is 0. The highest BCUT2D eigenvalue weighted by Gasteiger charge is 2.32. The van der Waals surface area contributed by atoms with Gasteiger partial charge >= 0.3 is 6.18 Å². The van der Waals surface area contributed by atoms with Gasteiger partial charge in [-0.25, -0.2) is 0 Å². The Bertz CT molecular complexity index is 679. The molecule has 2 aromatic rings.